The molecule has 21 heavy (non-hydrogen) atoms. The van der Waals surface area contributed by atoms with Gasteiger partial charge in [0.05, 0.1) is 11.9 Å². The zero-order valence-corrected chi connectivity index (χ0v) is 12.2. The number of piperidine rings is 1. The first kappa shape index (κ1) is 15.2. The minimum absolute atomic E-state index is 0.0510. The van der Waals surface area contributed by atoms with Crippen LogP contribution in [-0.2, 0) is 0 Å². The molecular formula is C14H20N4O3. The van der Waals surface area contributed by atoms with E-state index in [9.17, 15) is 9.59 Å². The number of aromatic carboxylic acids is 1. The molecule has 2 amide bonds. The Labute approximate surface area is 123 Å². The third-order valence-corrected chi connectivity index (χ3v) is 3.67. The lowest BCUT2D eigenvalue weighted by atomic mass is 9.94. The molecule has 2 unspecified atom stereocenters. The molecule has 1 aromatic rings. The van der Waals surface area contributed by atoms with Crippen molar-refractivity contribution < 1.29 is 14.7 Å². The smallest absolute Gasteiger partial charge is 0.354 e. The third kappa shape index (κ3) is 4.16. The molecule has 1 aromatic heterocycles. The molecule has 7 nitrogen and oxygen atoms in total. The Morgan fingerprint density at radius 3 is 2.76 bits per heavy atom. The highest BCUT2D eigenvalue weighted by Crippen LogP contribution is 2.15. The number of urea groups is 1. The van der Waals surface area contributed by atoms with Crippen molar-refractivity contribution in [2.75, 3.05) is 25.5 Å². The highest BCUT2D eigenvalue weighted by Gasteiger charge is 2.25. The second-order valence-electron chi connectivity index (χ2n) is 5.47. The van der Waals surface area contributed by atoms with Gasteiger partial charge >= 0.3 is 12.0 Å². The van der Waals surface area contributed by atoms with E-state index in [-0.39, 0.29) is 17.8 Å². The number of aromatic nitrogens is 1. The second-order valence-corrected chi connectivity index (χ2v) is 5.47. The van der Waals surface area contributed by atoms with Gasteiger partial charge in [-0.25, -0.2) is 14.6 Å². The maximum atomic E-state index is 11.9. The molecule has 0 bridgehead atoms. The standard InChI is InChI=1S/C14H20N4O3/c1-9-8-18(2)6-5-11(9)17-14(21)16-10-3-4-12(13(19)20)15-7-10/h3-4,7,9,11H,5-6,8H2,1-2H3,(H,19,20)(H2,16,17,21). The normalized spacial score (nSPS) is 22.6. The largest absolute Gasteiger partial charge is 0.477 e. The molecule has 1 aliphatic rings. The van der Waals surface area contributed by atoms with Crippen LogP contribution in [0.25, 0.3) is 0 Å². The Morgan fingerprint density at radius 2 is 2.19 bits per heavy atom. The van der Waals surface area contributed by atoms with Crippen LogP contribution in [0.1, 0.15) is 23.8 Å². The van der Waals surface area contributed by atoms with Gasteiger partial charge < -0.3 is 20.6 Å². The summed E-state index contributed by atoms with van der Waals surface area (Å²) in [6.07, 6.45) is 2.25. The quantitative estimate of drug-likeness (QED) is 0.779. The number of carbonyl (C=O) groups is 2. The van der Waals surface area contributed by atoms with E-state index in [1.807, 2.05) is 0 Å². The van der Waals surface area contributed by atoms with E-state index in [4.69, 9.17) is 5.11 Å². The van der Waals surface area contributed by atoms with Crippen LogP contribution in [0.5, 0.6) is 0 Å². The Morgan fingerprint density at radius 1 is 1.43 bits per heavy atom. The average Bonchev–Trinajstić information content (AvgIpc) is 2.42. The minimum Gasteiger partial charge on any atom is -0.477 e. The van der Waals surface area contributed by atoms with Crippen LogP contribution in [-0.4, -0.2) is 53.2 Å². The van der Waals surface area contributed by atoms with Crippen LogP contribution in [0, 0.1) is 5.92 Å². The lowest BCUT2D eigenvalue weighted by molar-refractivity contribution is 0.0690. The summed E-state index contributed by atoms with van der Waals surface area (Å²) >= 11 is 0. The van der Waals surface area contributed by atoms with Gasteiger partial charge in [-0.05, 0) is 38.1 Å². The Kier molecular flexibility index (Phi) is 4.74. The lowest BCUT2D eigenvalue weighted by Gasteiger charge is -2.35. The minimum atomic E-state index is -1.09. The first-order valence-electron chi connectivity index (χ1n) is 6.91. The number of nitrogens with one attached hydrogen (secondary N) is 2. The Balaban J connectivity index is 1.88. The van der Waals surface area contributed by atoms with Gasteiger partial charge in [0.15, 0.2) is 0 Å². The topological polar surface area (TPSA) is 94.6 Å². The van der Waals surface area contributed by atoms with Crippen LogP contribution in [0.15, 0.2) is 18.3 Å². The van der Waals surface area contributed by atoms with Crippen molar-refractivity contribution in [2.45, 2.75) is 19.4 Å². The average molecular weight is 292 g/mol. The number of hydrogen-bond acceptors (Lipinski definition) is 4. The van der Waals surface area contributed by atoms with Crippen LogP contribution in [0.2, 0.25) is 0 Å². The summed E-state index contributed by atoms with van der Waals surface area (Å²) < 4.78 is 0. The van der Waals surface area contributed by atoms with Gasteiger partial charge in [0.2, 0.25) is 0 Å². The molecule has 0 spiro atoms. The predicted octanol–water partition coefficient (Wildman–Crippen LogP) is 1.24. The summed E-state index contributed by atoms with van der Waals surface area (Å²) in [4.78, 5) is 28.6. The van der Waals surface area contributed by atoms with Gasteiger partial charge in [-0.1, -0.05) is 6.92 Å². The number of rotatable bonds is 3. The number of carboxylic acid groups (broad SMARTS) is 1. The summed E-state index contributed by atoms with van der Waals surface area (Å²) in [5.74, 6) is -0.701. The van der Waals surface area contributed by atoms with Gasteiger partial charge in [-0.3, -0.25) is 0 Å². The number of pyridine rings is 1. The second kappa shape index (κ2) is 6.53. The first-order valence-corrected chi connectivity index (χ1v) is 6.91. The van der Waals surface area contributed by atoms with Crippen LogP contribution < -0.4 is 10.6 Å². The maximum Gasteiger partial charge on any atom is 0.354 e. The van der Waals surface area contributed by atoms with Gasteiger partial charge in [-0.2, -0.15) is 0 Å². The van der Waals surface area contributed by atoms with E-state index in [0.717, 1.165) is 19.5 Å². The highest BCUT2D eigenvalue weighted by molar-refractivity contribution is 5.90. The molecule has 7 heteroatoms. The highest BCUT2D eigenvalue weighted by atomic mass is 16.4. The number of likely N-dealkylation sites (tertiary alicyclic amines) is 1. The fourth-order valence-corrected chi connectivity index (χ4v) is 2.50. The van der Waals surface area contributed by atoms with E-state index in [1.165, 1.54) is 18.3 Å². The van der Waals surface area contributed by atoms with E-state index < -0.39 is 5.97 Å². The van der Waals surface area contributed by atoms with Crippen LogP contribution >= 0.6 is 0 Å². The Hall–Kier alpha value is -2.15. The van der Waals surface area contributed by atoms with Gasteiger partial charge in [0, 0.05) is 12.6 Å². The van der Waals surface area contributed by atoms with E-state index >= 15 is 0 Å². The predicted molar refractivity (Wildman–Crippen MR) is 78.4 cm³/mol. The summed E-state index contributed by atoms with van der Waals surface area (Å²) in [7, 11) is 2.07. The molecule has 0 saturated carbocycles. The van der Waals surface area contributed by atoms with Gasteiger partial charge in [0.1, 0.15) is 5.69 Å². The van der Waals surface area contributed by atoms with Gasteiger partial charge in [0.25, 0.3) is 0 Å². The molecule has 2 heterocycles. The number of hydrogen-bond donors (Lipinski definition) is 3. The maximum absolute atomic E-state index is 11.9. The fraction of sp³-hybridized carbons (Fsp3) is 0.500. The molecule has 3 N–H and O–H groups in total. The van der Waals surface area contributed by atoms with Crippen molar-refractivity contribution >= 4 is 17.7 Å². The number of carboxylic acids is 1. The fourth-order valence-electron chi connectivity index (χ4n) is 2.50. The van der Waals surface area contributed by atoms with Crippen molar-refractivity contribution in [1.29, 1.82) is 0 Å². The number of nitrogens with zero attached hydrogens (tertiary/aromatic N) is 2. The number of carbonyl (C=O) groups excluding carboxylic acids is 1. The molecule has 2 rings (SSSR count). The molecule has 1 saturated heterocycles. The SMILES string of the molecule is CC1CN(C)CCC1NC(=O)Nc1ccc(C(=O)O)nc1. The summed E-state index contributed by atoms with van der Waals surface area (Å²) in [6.45, 7) is 4.04. The van der Waals surface area contributed by atoms with Crippen molar-refractivity contribution in [3.63, 3.8) is 0 Å². The van der Waals surface area contributed by atoms with Crippen molar-refractivity contribution in [3.05, 3.63) is 24.0 Å². The van der Waals surface area contributed by atoms with Gasteiger partial charge in [-0.15, -0.1) is 0 Å². The monoisotopic (exact) mass is 292 g/mol. The third-order valence-electron chi connectivity index (χ3n) is 3.67. The van der Waals surface area contributed by atoms with E-state index in [2.05, 4.69) is 34.5 Å². The van der Waals surface area contributed by atoms with Crippen molar-refractivity contribution in [2.24, 2.45) is 5.92 Å². The number of anilines is 1. The van der Waals surface area contributed by atoms with E-state index in [1.54, 1.807) is 0 Å². The first-order chi connectivity index (χ1) is 9.95. The number of amides is 2. The lowest BCUT2D eigenvalue weighted by Crippen LogP contribution is -2.49. The van der Waals surface area contributed by atoms with Crippen LogP contribution in [0.3, 0.4) is 0 Å². The molecule has 1 fully saturated rings. The molecule has 0 aromatic carbocycles. The molecule has 114 valence electrons. The zero-order valence-electron chi connectivity index (χ0n) is 12.2. The molecular weight excluding hydrogens is 272 g/mol. The van der Waals surface area contributed by atoms with Crippen LogP contribution in [0.4, 0.5) is 10.5 Å². The van der Waals surface area contributed by atoms with Crippen molar-refractivity contribution in [3.8, 4) is 0 Å². The zero-order chi connectivity index (χ0) is 15.4. The summed E-state index contributed by atoms with van der Waals surface area (Å²) in [5.41, 5.74) is 0.419. The summed E-state index contributed by atoms with van der Waals surface area (Å²) in [5, 5.41) is 14.4. The molecule has 2 atom stereocenters. The summed E-state index contributed by atoms with van der Waals surface area (Å²) in [6, 6.07) is 2.73. The molecule has 1 aliphatic heterocycles. The molecule has 0 aliphatic carbocycles. The van der Waals surface area contributed by atoms with Crippen molar-refractivity contribution in [1.82, 2.24) is 15.2 Å². The Bertz CT molecular complexity index is 517. The van der Waals surface area contributed by atoms with E-state index in [0.29, 0.717) is 11.6 Å². The molecule has 0 radical (unpaired) electrons.